The minimum Gasteiger partial charge on any atom is -0.359 e. The predicted octanol–water partition coefficient (Wildman–Crippen LogP) is 5.91. The van der Waals surface area contributed by atoms with E-state index in [4.69, 9.17) is 0 Å². The number of halogens is 4. The quantitative estimate of drug-likeness (QED) is 0.333. The summed E-state index contributed by atoms with van der Waals surface area (Å²) in [6, 6.07) is 13.1. The van der Waals surface area contributed by atoms with Crippen LogP contribution in [-0.2, 0) is 10.0 Å². The summed E-state index contributed by atoms with van der Waals surface area (Å²) in [6.45, 7) is 1.84. The first kappa shape index (κ1) is 21.6. The van der Waals surface area contributed by atoms with Crippen LogP contribution in [0.4, 0.5) is 17.6 Å². The van der Waals surface area contributed by atoms with E-state index in [1.807, 2.05) is 6.92 Å². The number of fused-ring (bicyclic) bond motifs is 2. The van der Waals surface area contributed by atoms with Crippen molar-refractivity contribution >= 4 is 31.8 Å². The lowest BCUT2D eigenvalue weighted by Gasteiger charge is -2.08. The number of aryl methyl sites for hydroxylation is 1. The summed E-state index contributed by atoms with van der Waals surface area (Å²) in [4.78, 5) is 2.72. The Bertz CT molecular complexity index is 1540. The van der Waals surface area contributed by atoms with Crippen LogP contribution in [0.2, 0.25) is 0 Å². The van der Waals surface area contributed by atoms with Gasteiger partial charge in [-0.2, -0.15) is 0 Å². The molecule has 4 nitrogen and oxygen atoms in total. The summed E-state index contributed by atoms with van der Waals surface area (Å²) >= 11 is 0. The third kappa shape index (κ3) is 3.99. The summed E-state index contributed by atoms with van der Waals surface area (Å²) in [7, 11) is -3.92. The molecule has 2 aromatic heterocycles. The van der Waals surface area contributed by atoms with Gasteiger partial charge in [0.1, 0.15) is 17.5 Å². The van der Waals surface area contributed by atoms with Gasteiger partial charge in [-0.3, -0.25) is 0 Å². The van der Waals surface area contributed by atoms with Crippen molar-refractivity contribution in [1.82, 2.24) is 8.96 Å². The van der Waals surface area contributed by atoms with E-state index in [1.54, 1.807) is 24.4 Å². The number of nitrogens with one attached hydrogen (secondary N) is 1. The molecular weight excluding hydrogens is 444 g/mol. The monoisotopic (exact) mass is 460 g/mol. The largest absolute Gasteiger partial charge is 0.359 e. The van der Waals surface area contributed by atoms with Crippen LogP contribution in [0.1, 0.15) is 5.56 Å². The maximum absolute atomic E-state index is 13.9. The van der Waals surface area contributed by atoms with Crippen molar-refractivity contribution in [2.75, 3.05) is 0 Å². The molecule has 5 aromatic rings. The number of rotatable bonds is 2. The van der Waals surface area contributed by atoms with E-state index in [-0.39, 0.29) is 15.8 Å². The average Bonchev–Trinajstić information content (AvgIpc) is 3.36. The number of benzene rings is 3. The first-order chi connectivity index (χ1) is 15.2. The van der Waals surface area contributed by atoms with Gasteiger partial charge >= 0.3 is 0 Å². The Morgan fingerprint density at radius 3 is 2.09 bits per heavy atom. The summed E-state index contributed by atoms with van der Waals surface area (Å²) in [5, 5.41) is 0.755. The van der Waals surface area contributed by atoms with Gasteiger partial charge in [-0.25, -0.2) is 30.0 Å². The molecule has 0 saturated heterocycles. The fraction of sp³-hybridized carbons (Fsp3) is 0.0435. The average molecular weight is 460 g/mol. The zero-order chi connectivity index (χ0) is 23.0. The van der Waals surface area contributed by atoms with Gasteiger partial charge < -0.3 is 4.98 Å². The van der Waals surface area contributed by atoms with Crippen LogP contribution in [0.3, 0.4) is 0 Å². The van der Waals surface area contributed by atoms with Crippen LogP contribution in [0.15, 0.2) is 78.0 Å². The molecule has 0 unspecified atom stereocenters. The molecule has 3 aromatic carbocycles. The van der Waals surface area contributed by atoms with Gasteiger partial charge in [0.25, 0.3) is 10.0 Å². The first-order valence-electron chi connectivity index (χ1n) is 9.37. The molecule has 2 heterocycles. The van der Waals surface area contributed by atoms with Crippen molar-refractivity contribution in [2.24, 2.45) is 0 Å². The normalized spacial score (nSPS) is 11.5. The first-order valence-corrected chi connectivity index (χ1v) is 10.8. The molecule has 1 N–H and O–H groups in total. The molecule has 0 aliphatic heterocycles. The lowest BCUT2D eigenvalue weighted by Crippen LogP contribution is -2.12. The highest BCUT2D eigenvalue weighted by atomic mass is 32.2. The van der Waals surface area contributed by atoms with Gasteiger partial charge in [-0.05, 0) is 43.3 Å². The Labute approximate surface area is 180 Å². The fourth-order valence-electron chi connectivity index (χ4n) is 3.28. The molecule has 164 valence electrons. The SMILES string of the molecule is Cc1ccc(S(=O)(=O)n2ccc3cc(F)cc(F)c32)cc1.Fc1cc(F)c2[nH]ccc2c1. The van der Waals surface area contributed by atoms with Gasteiger partial charge in [0, 0.05) is 35.3 Å². The minimum atomic E-state index is -3.92. The number of aromatic amines is 1. The van der Waals surface area contributed by atoms with E-state index in [1.165, 1.54) is 30.5 Å². The highest BCUT2D eigenvalue weighted by molar-refractivity contribution is 7.90. The highest BCUT2D eigenvalue weighted by Crippen LogP contribution is 2.25. The Morgan fingerprint density at radius 2 is 1.41 bits per heavy atom. The van der Waals surface area contributed by atoms with Gasteiger partial charge in [0.05, 0.1) is 15.9 Å². The molecule has 0 bridgehead atoms. The molecule has 0 saturated carbocycles. The van der Waals surface area contributed by atoms with Gasteiger partial charge in [0.15, 0.2) is 5.82 Å². The Kier molecular flexibility index (Phi) is 5.52. The van der Waals surface area contributed by atoms with E-state index in [9.17, 15) is 26.0 Å². The molecule has 5 rings (SSSR count). The Balaban J connectivity index is 0.000000186. The van der Waals surface area contributed by atoms with Crippen molar-refractivity contribution < 1.29 is 26.0 Å². The summed E-state index contributed by atoms with van der Waals surface area (Å²) in [5.41, 5.74) is 1.11. The molecule has 32 heavy (non-hydrogen) atoms. The molecule has 0 aliphatic carbocycles. The molecule has 0 spiro atoms. The lowest BCUT2D eigenvalue weighted by atomic mass is 10.2. The second kappa shape index (κ2) is 8.16. The number of aromatic nitrogens is 2. The number of H-pyrrole nitrogens is 1. The topological polar surface area (TPSA) is 54.9 Å². The Morgan fingerprint density at radius 1 is 0.781 bits per heavy atom. The van der Waals surface area contributed by atoms with Crippen LogP contribution >= 0.6 is 0 Å². The molecule has 0 amide bonds. The lowest BCUT2D eigenvalue weighted by molar-refractivity contribution is 0.579. The van der Waals surface area contributed by atoms with E-state index >= 15 is 0 Å². The molecule has 0 atom stereocenters. The van der Waals surface area contributed by atoms with Crippen LogP contribution in [-0.4, -0.2) is 17.4 Å². The summed E-state index contributed by atoms with van der Waals surface area (Å²) in [6.07, 6.45) is 2.80. The second-order valence-electron chi connectivity index (χ2n) is 7.08. The van der Waals surface area contributed by atoms with E-state index in [0.29, 0.717) is 17.0 Å². The van der Waals surface area contributed by atoms with Gasteiger partial charge in [-0.1, -0.05) is 17.7 Å². The summed E-state index contributed by atoms with van der Waals surface area (Å²) in [5.74, 6) is -2.75. The number of hydrogen-bond acceptors (Lipinski definition) is 2. The van der Waals surface area contributed by atoms with Gasteiger partial charge in [0.2, 0.25) is 0 Å². The standard InChI is InChI=1S/C15H11F2NO2S.C8H5F2N/c1-10-2-4-13(5-3-10)21(19,20)18-7-6-11-8-12(16)9-14(17)15(11)18;9-6-3-5-1-2-11-8(5)7(10)4-6/h2-9H,1H3;1-4,11H. The fourth-order valence-corrected chi connectivity index (χ4v) is 4.65. The smallest absolute Gasteiger partial charge is 0.268 e. The zero-order valence-electron chi connectivity index (χ0n) is 16.6. The number of hydrogen-bond donors (Lipinski definition) is 1. The maximum atomic E-state index is 13.9. The third-order valence-corrected chi connectivity index (χ3v) is 6.51. The van der Waals surface area contributed by atoms with E-state index in [0.717, 1.165) is 21.7 Å². The molecule has 0 fully saturated rings. The van der Waals surface area contributed by atoms with E-state index < -0.39 is 33.3 Å². The van der Waals surface area contributed by atoms with Crippen molar-refractivity contribution in [2.45, 2.75) is 11.8 Å². The van der Waals surface area contributed by atoms with Crippen LogP contribution in [0.25, 0.3) is 21.8 Å². The van der Waals surface area contributed by atoms with Crippen molar-refractivity contribution in [3.05, 3.63) is 102 Å². The second-order valence-corrected chi connectivity index (χ2v) is 8.90. The third-order valence-electron chi connectivity index (χ3n) is 4.82. The predicted molar refractivity (Wildman–Crippen MR) is 114 cm³/mol. The minimum absolute atomic E-state index is 0.0503. The molecular formula is C23H16F4N2O2S. The Hall–Kier alpha value is -3.59. The van der Waals surface area contributed by atoms with Crippen LogP contribution in [0, 0.1) is 30.2 Å². The molecule has 0 radical (unpaired) electrons. The van der Waals surface area contributed by atoms with Crippen molar-refractivity contribution in [1.29, 1.82) is 0 Å². The van der Waals surface area contributed by atoms with Crippen molar-refractivity contribution in [3.63, 3.8) is 0 Å². The maximum Gasteiger partial charge on any atom is 0.268 e. The van der Waals surface area contributed by atoms with Gasteiger partial charge in [-0.15, -0.1) is 0 Å². The van der Waals surface area contributed by atoms with Crippen LogP contribution < -0.4 is 0 Å². The van der Waals surface area contributed by atoms with Crippen molar-refractivity contribution in [3.8, 4) is 0 Å². The summed E-state index contributed by atoms with van der Waals surface area (Å²) < 4.78 is 78.4. The van der Waals surface area contributed by atoms with E-state index in [2.05, 4.69) is 4.98 Å². The highest BCUT2D eigenvalue weighted by Gasteiger charge is 2.21. The molecule has 9 heteroatoms. The number of nitrogens with zero attached hydrogens (tertiary/aromatic N) is 1. The zero-order valence-corrected chi connectivity index (χ0v) is 17.4. The van der Waals surface area contributed by atoms with Crippen LogP contribution in [0.5, 0.6) is 0 Å². The molecule has 0 aliphatic rings.